The average Bonchev–Trinajstić information content (AvgIpc) is 2.46. The predicted octanol–water partition coefficient (Wildman–Crippen LogP) is 4.51. The van der Waals surface area contributed by atoms with Crippen LogP contribution in [0.2, 0.25) is 5.02 Å². The Labute approximate surface area is 125 Å². The van der Waals surface area contributed by atoms with Gasteiger partial charge in [-0.05, 0) is 37.1 Å². The van der Waals surface area contributed by atoms with Gasteiger partial charge in [0.2, 0.25) is 0 Å². The summed E-state index contributed by atoms with van der Waals surface area (Å²) in [5.74, 6) is 0. The lowest BCUT2D eigenvalue weighted by molar-refractivity contribution is 0.131. The number of halogens is 1. The smallest absolute Gasteiger partial charge is 0.0723 e. The van der Waals surface area contributed by atoms with E-state index in [0.29, 0.717) is 0 Å². The highest BCUT2D eigenvalue weighted by atomic mass is 35.5. The molecule has 2 rings (SSSR count). The van der Waals surface area contributed by atoms with Crippen molar-refractivity contribution in [2.24, 2.45) is 0 Å². The average molecular weight is 293 g/mol. The Bertz CT molecular complexity index is 545. The zero-order valence-electron chi connectivity index (χ0n) is 11.9. The highest BCUT2D eigenvalue weighted by Crippen LogP contribution is 2.24. The molecule has 0 atom stereocenters. The molecule has 3 nitrogen and oxygen atoms in total. The van der Waals surface area contributed by atoms with Crippen LogP contribution in [-0.4, -0.2) is 24.7 Å². The quantitative estimate of drug-likeness (QED) is 0.727. The van der Waals surface area contributed by atoms with Crippen LogP contribution in [0.15, 0.2) is 30.5 Å². The molecular weight excluding hydrogens is 272 g/mol. The van der Waals surface area contributed by atoms with Crippen LogP contribution in [0.25, 0.3) is 10.9 Å². The van der Waals surface area contributed by atoms with E-state index in [9.17, 15) is 0 Å². The minimum absolute atomic E-state index is 0.733. The molecule has 1 N–H and O–H groups in total. The van der Waals surface area contributed by atoms with Gasteiger partial charge < -0.3 is 10.1 Å². The molecule has 0 aliphatic heterocycles. The van der Waals surface area contributed by atoms with Gasteiger partial charge in [0.15, 0.2) is 0 Å². The summed E-state index contributed by atoms with van der Waals surface area (Å²) in [6.45, 7) is 4.73. The van der Waals surface area contributed by atoms with Gasteiger partial charge in [-0.1, -0.05) is 24.9 Å². The molecule has 0 amide bonds. The molecule has 1 aromatic heterocycles. The fourth-order valence-corrected chi connectivity index (χ4v) is 2.19. The van der Waals surface area contributed by atoms with Gasteiger partial charge in [0.05, 0.1) is 5.52 Å². The third-order valence-corrected chi connectivity index (χ3v) is 3.36. The first-order valence-corrected chi connectivity index (χ1v) is 7.55. The minimum atomic E-state index is 0.733. The molecule has 0 aliphatic carbocycles. The number of anilines is 1. The van der Waals surface area contributed by atoms with E-state index in [1.54, 1.807) is 0 Å². The number of pyridine rings is 1. The van der Waals surface area contributed by atoms with Crippen LogP contribution in [0.3, 0.4) is 0 Å². The number of rotatable bonds is 8. The van der Waals surface area contributed by atoms with Crippen molar-refractivity contribution in [3.05, 3.63) is 35.5 Å². The summed E-state index contributed by atoms with van der Waals surface area (Å²) in [7, 11) is 0. The second kappa shape index (κ2) is 8.08. The zero-order valence-corrected chi connectivity index (χ0v) is 12.6. The van der Waals surface area contributed by atoms with Gasteiger partial charge in [0, 0.05) is 42.1 Å². The Kier molecular flexibility index (Phi) is 6.09. The van der Waals surface area contributed by atoms with Crippen molar-refractivity contribution in [3.8, 4) is 0 Å². The standard InChI is InChI=1S/C16H21ClN2O/c1-2-3-10-20-11-4-8-18-16-7-9-19-15-6-5-13(17)12-14(15)16/h5-7,9,12H,2-4,8,10-11H2,1H3,(H,18,19). The SMILES string of the molecule is CCCCOCCCNc1ccnc2ccc(Cl)cc12. The van der Waals surface area contributed by atoms with Gasteiger partial charge in [-0.25, -0.2) is 0 Å². The van der Waals surface area contributed by atoms with E-state index in [2.05, 4.69) is 17.2 Å². The lowest BCUT2D eigenvalue weighted by atomic mass is 10.2. The third-order valence-electron chi connectivity index (χ3n) is 3.13. The van der Waals surface area contributed by atoms with Crippen LogP contribution in [0.4, 0.5) is 5.69 Å². The Morgan fingerprint density at radius 1 is 1.20 bits per heavy atom. The van der Waals surface area contributed by atoms with Crippen LogP contribution in [0.5, 0.6) is 0 Å². The number of ether oxygens (including phenoxy) is 1. The summed E-state index contributed by atoms with van der Waals surface area (Å²) in [5.41, 5.74) is 2.03. The largest absolute Gasteiger partial charge is 0.384 e. The van der Waals surface area contributed by atoms with Crippen molar-refractivity contribution >= 4 is 28.2 Å². The molecule has 0 bridgehead atoms. The Morgan fingerprint density at radius 2 is 2.05 bits per heavy atom. The van der Waals surface area contributed by atoms with E-state index in [1.165, 1.54) is 6.42 Å². The minimum Gasteiger partial charge on any atom is -0.384 e. The van der Waals surface area contributed by atoms with Crippen molar-refractivity contribution < 1.29 is 4.74 Å². The molecule has 1 heterocycles. The van der Waals surface area contributed by atoms with Crippen molar-refractivity contribution in [1.29, 1.82) is 0 Å². The summed E-state index contributed by atoms with van der Waals surface area (Å²) in [6, 6.07) is 7.74. The van der Waals surface area contributed by atoms with Gasteiger partial charge in [0.1, 0.15) is 0 Å². The molecule has 108 valence electrons. The molecule has 4 heteroatoms. The molecule has 0 fully saturated rings. The maximum absolute atomic E-state index is 6.05. The van der Waals surface area contributed by atoms with Gasteiger partial charge in [0.25, 0.3) is 0 Å². The molecule has 0 radical (unpaired) electrons. The first-order chi connectivity index (χ1) is 9.81. The summed E-state index contributed by atoms with van der Waals surface area (Å²) < 4.78 is 5.55. The summed E-state index contributed by atoms with van der Waals surface area (Å²) in [5, 5.41) is 5.22. The number of hydrogen-bond acceptors (Lipinski definition) is 3. The molecule has 0 unspecified atom stereocenters. The van der Waals surface area contributed by atoms with Crippen LogP contribution in [0, 0.1) is 0 Å². The van der Waals surface area contributed by atoms with Crippen LogP contribution in [-0.2, 0) is 4.74 Å². The van der Waals surface area contributed by atoms with E-state index in [4.69, 9.17) is 16.3 Å². The molecule has 1 aromatic carbocycles. The Hall–Kier alpha value is -1.32. The normalized spacial score (nSPS) is 10.9. The number of nitrogens with zero attached hydrogens (tertiary/aromatic N) is 1. The summed E-state index contributed by atoms with van der Waals surface area (Å²) in [4.78, 5) is 4.34. The monoisotopic (exact) mass is 292 g/mol. The van der Waals surface area contributed by atoms with Crippen molar-refractivity contribution in [2.75, 3.05) is 25.1 Å². The van der Waals surface area contributed by atoms with Gasteiger partial charge in [-0.15, -0.1) is 0 Å². The summed E-state index contributed by atoms with van der Waals surface area (Å²) >= 11 is 6.05. The van der Waals surface area contributed by atoms with Crippen molar-refractivity contribution in [3.63, 3.8) is 0 Å². The third kappa shape index (κ3) is 4.36. The topological polar surface area (TPSA) is 34.1 Å². The predicted molar refractivity (Wildman–Crippen MR) is 85.6 cm³/mol. The van der Waals surface area contributed by atoms with Crippen molar-refractivity contribution in [2.45, 2.75) is 26.2 Å². The highest BCUT2D eigenvalue weighted by Gasteiger charge is 2.02. The molecule has 0 aliphatic rings. The van der Waals surface area contributed by atoms with E-state index in [-0.39, 0.29) is 0 Å². The maximum atomic E-state index is 6.05. The van der Waals surface area contributed by atoms with Gasteiger partial charge >= 0.3 is 0 Å². The lowest BCUT2D eigenvalue weighted by Gasteiger charge is -2.10. The molecule has 0 saturated carbocycles. The first kappa shape index (κ1) is 15.1. The molecular formula is C16H21ClN2O. The van der Waals surface area contributed by atoms with Crippen LogP contribution in [0.1, 0.15) is 26.2 Å². The zero-order chi connectivity index (χ0) is 14.2. The van der Waals surface area contributed by atoms with E-state index in [0.717, 1.165) is 54.2 Å². The number of aromatic nitrogens is 1. The fraction of sp³-hybridized carbons (Fsp3) is 0.438. The van der Waals surface area contributed by atoms with Crippen LogP contribution >= 0.6 is 11.6 Å². The first-order valence-electron chi connectivity index (χ1n) is 7.17. The van der Waals surface area contributed by atoms with Gasteiger partial charge in [-0.3, -0.25) is 4.98 Å². The molecule has 2 aromatic rings. The van der Waals surface area contributed by atoms with E-state index < -0.39 is 0 Å². The number of nitrogens with one attached hydrogen (secondary N) is 1. The fourth-order valence-electron chi connectivity index (χ4n) is 2.02. The maximum Gasteiger partial charge on any atom is 0.0723 e. The lowest BCUT2D eigenvalue weighted by Crippen LogP contribution is -2.06. The Balaban J connectivity index is 1.85. The highest BCUT2D eigenvalue weighted by molar-refractivity contribution is 6.31. The molecule has 20 heavy (non-hydrogen) atoms. The van der Waals surface area contributed by atoms with E-state index >= 15 is 0 Å². The second-order valence-electron chi connectivity index (χ2n) is 4.77. The number of unbranched alkanes of at least 4 members (excludes halogenated alkanes) is 1. The van der Waals surface area contributed by atoms with Crippen molar-refractivity contribution in [1.82, 2.24) is 4.98 Å². The summed E-state index contributed by atoms with van der Waals surface area (Å²) in [6.07, 6.45) is 5.13. The number of hydrogen-bond donors (Lipinski definition) is 1. The number of benzene rings is 1. The number of fused-ring (bicyclic) bond motifs is 1. The second-order valence-corrected chi connectivity index (χ2v) is 5.20. The molecule has 0 saturated heterocycles. The Morgan fingerprint density at radius 3 is 2.90 bits per heavy atom. The van der Waals surface area contributed by atoms with Crippen LogP contribution < -0.4 is 5.32 Å². The van der Waals surface area contributed by atoms with E-state index in [1.807, 2.05) is 30.5 Å². The molecule has 0 spiro atoms. The van der Waals surface area contributed by atoms with Gasteiger partial charge in [-0.2, -0.15) is 0 Å².